The maximum Gasteiger partial charge on any atom is 0.243 e. The zero-order chi connectivity index (χ0) is 15.8. The van der Waals surface area contributed by atoms with Crippen LogP contribution in [0.15, 0.2) is 24.3 Å². The molecule has 2 N–H and O–H groups in total. The van der Waals surface area contributed by atoms with Crippen molar-refractivity contribution in [2.45, 2.75) is 26.8 Å². The molecule has 22 heavy (non-hydrogen) atoms. The molecule has 0 aliphatic carbocycles. The van der Waals surface area contributed by atoms with Crippen molar-refractivity contribution in [3.05, 3.63) is 29.8 Å². The van der Waals surface area contributed by atoms with Gasteiger partial charge in [-0.1, -0.05) is 36.8 Å². The maximum atomic E-state index is 11.8. The highest BCUT2D eigenvalue weighted by atomic mass is 16.2. The number of hydrogen-bond acceptors (Lipinski definition) is 5. The van der Waals surface area contributed by atoms with Crippen LogP contribution in [0.4, 0.5) is 0 Å². The fourth-order valence-electron chi connectivity index (χ4n) is 1.90. The summed E-state index contributed by atoms with van der Waals surface area (Å²) < 4.78 is 0. The summed E-state index contributed by atoms with van der Waals surface area (Å²) >= 11 is 0. The number of rotatable bonds is 8. The van der Waals surface area contributed by atoms with Crippen LogP contribution >= 0.6 is 0 Å². The molecule has 0 unspecified atom stereocenters. The van der Waals surface area contributed by atoms with Crippen molar-refractivity contribution in [3.8, 4) is 11.4 Å². The van der Waals surface area contributed by atoms with Gasteiger partial charge in [0.2, 0.25) is 11.7 Å². The molecule has 0 fully saturated rings. The van der Waals surface area contributed by atoms with Crippen molar-refractivity contribution in [2.75, 3.05) is 19.6 Å². The van der Waals surface area contributed by atoms with Crippen molar-refractivity contribution >= 4 is 5.91 Å². The van der Waals surface area contributed by atoms with Gasteiger partial charge in [-0.2, -0.15) is 4.80 Å². The number of benzene rings is 1. The molecule has 118 valence electrons. The van der Waals surface area contributed by atoms with Crippen LogP contribution in [0.5, 0.6) is 0 Å². The molecule has 1 amide bonds. The van der Waals surface area contributed by atoms with Gasteiger partial charge in [0.05, 0.1) is 0 Å². The number of carbonyl (C=O) groups excluding carboxylic acids is 1. The lowest BCUT2D eigenvalue weighted by molar-refractivity contribution is -0.122. The van der Waals surface area contributed by atoms with E-state index in [0.717, 1.165) is 25.1 Å². The van der Waals surface area contributed by atoms with E-state index in [2.05, 4.69) is 33.0 Å². The highest BCUT2D eigenvalue weighted by Gasteiger charge is 2.08. The number of hydrogen-bond donors (Lipinski definition) is 2. The second-order valence-electron chi connectivity index (χ2n) is 5.11. The van der Waals surface area contributed by atoms with Crippen LogP contribution in [0.2, 0.25) is 0 Å². The van der Waals surface area contributed by atoms with E-state index < -0.39 is 0 Å². The molecular weight excluding hydrogens is 280 g/mol. The van der Waals surface area contributed by atoms with E-state index in [1.807, 2.05) is 31.2 Å². The highest BCUT2D eigenvalue weighted by molar-refractivity contribution is 5.75. The predicted molar refractivity (Wildman–Crippen MR) is 84.2 cm³/mol. The third-order valence-corrected chi connectivity index (χ3v) is 3.10. The first kappa shape index (κ1) is 16.1. The molecule has 2 aromatic rings. The van der Waals surface area contributed by atoms with Gasteiger partial charge in [0.15, 0.2) is 0 Å². The van der Waals surface area contributed by atoms with Crippen molar-refractivity contribution in [2.24, 2.45) is 0 Å². The lowest BCUT2D eigenvalue weighted by Gasteiger charge is -2.05. The Hall–Kier alpha value is -2.28. The third kappa shape index (κ3) is 4.92. The summed E-state index contributed by atoms with van der Waals surface area (Å²) in [7, 11) is 0. The van der Waals surface area contributed by atoms with Gasteiger partial charge in [-0.25, -0.2) is 0 Å². The van der Waals surface area contributed by atoms with Crippen molar-refractivity contribution in [3.63, 3.8) is 0 Å². The molecule has 0 aliphatic heterocycles. The van der Waals surface area contributed by atoms with E-state index in [9.17, 15) is 4.79 Å². The van der Waals surface area contributed by atoms with E-state index >= 15 is 0 Å². The van der Waals surface area contributed by atoms with Gasteiger partial charge < -0.3 is 10.6 Å². The number of tetrazole rings is 1. The van der Waals surface area contributed by atoms with E-state index in [-0.39, 0.29) is 12.5 Å². The minimum Gasteiger partial charge on any atom is -0.353 e. The van der Waals surface area contributed by atoms with E-state index in [4.69, 9.17) is 0 Å². The summed E-state index contributed by atoms with van der Waals surface area (Å²) in [5, 5.41) is 18.2. The molecule has 1 heterocycles. The van der Waals surface area contributed by atoms with Crippen LogP contribution < -0.4 is 10.6 Å². The maximum absolute atomic E-state index is 11.8. The summed E-state index contributed by atoms with van der Waals surface area (Å²) in [6, 6.07) is 7.87. The molecule has 0 saturated heterocycles. The molecule has 0 saturated carbocycles. The molecule has 0 atom stereocenters. The fraction of sp³-hybridized carbons (Fsp3) is 0.467. The topological polar surface area (TPSA) is 84.7 Å². The van der Waals surface area contributed by atoms with Crippen molar-refractivity contribution in [1.82, 2.24) is 30.8 Å². The third-order valence-electron chi connectivity index (χ3n) is 3.10. The minimum absolute atomic E-state index is 0.0760. The summed E-state index contributed by atoms with van der Waals surface area (Å²) in [5.41, 5.74) is 2.06. The predicted octanol–water partition coefficient (Wildman–Crippen LogP) is 0.764. The average Bonchev–Trinajstić information content (AvgIpc) is 2.96. The molecule has 1 aromatic heterocycles. The Morgan fingerprint density at radius 1 is 1.18 bits per heavy atom. The molecule has 0 aliphatic rings. The second kappa shape index (κ2) is 8.23. The zero-order valence-corrected chi connectivity index (χ0v) is 13.0. The van der Waals surface area contributed by atoms with Crippen molar-refractivity contribution in [1.29, 1.82) is 0 Å². The van der Waals surface area contributed by atoms with Gasteiger partial charge in [-0.05, 0) is 25.1 Å². The number of nitrogens with one attached hydrogen (secondary N) is 2. The van der Waals surface area contributed by atoms with Crippen LogP contribution in [0.25, 0.3) is 11.4 Å². The summed E-state index contributed by atoms with van der Waals surface area (Å²) in [4.78, 5) is 13.1. The average molecular weight is 302 g/mol. The van der Waals surface area contributed by atoms with E-state index in [0.29, 0.717) is 12.4 Å². The second-order valence-corrected chi connectivity index (χ2v) is 5.11. The fourth-order valence-corrected chi connectivity index (χ4v) is 1.90. The first-order chi connectivity index (χ1) is 10.7. The molecular formula is C15H22N6O. The van der Waals surface area contributed by atoms with Gasteiger partial charge in [0.1, 0.15) is 6.54 Å². The van der Waals surface area contributed by atoms with Gasteiger partial charge >= 0.3 is 0 Å². The molecule has 0 spiro atoms. The quantitative estimate of drug-likeness (QED) is 0.703. The SMILES string of the molecule is CCCNCCNC(=O)Cn1nnc(-c2ccc(C)cc2)n1. The minimum atomic E-state index is -0.119. The lowest BCUT2D eigenvalue weighted by atomic mass is 10.1. The Bertz CT molecular complexity index is 592. The van der Waals surface area contributed by atoms with Crippen molar-refractivity contribution < 1.29 is 4.79 Å². The summed E-state index contributed by atoms with van der Waals surface area (Å²) in [5.74, 6) is 0.406. The van der Waals surface area contributed by atoms with E-state index in [1.54, 1.807) is 0 Å². The summed E-state index contributed by atoms with van der Waals surface area (Å²) in [6.45, 7) is 6.52. The smallest absolute Gasteiger partial charge is 0.243 e. The molecule has 0 bridgehead atoms. The van der Waals surface area contributed by atoms with Crippen LogP contribution in [0.3, 0.4) is 0 Å². The van der Waals surface area contributed by atoms with Gasteiger partial charge in [-0.15, -0.1) is 10.2 Å². The molecule has 1 aromatic carbocycles. The Labute approximate surface area is 130 Å². The molecule has 7 nitrogen and oxygen atoms in total. The monoisotopic (exact) mass is 302 g/mol. The molecule has 0 radical (unpaired) electrons. The number of amides is 1. The van der Waals surface area contributed by atoms with Crippen LogP contribution in [0, 0.1) is 6.92 Å². The van der Waals surface area contributed by atoms with Crippen LogP contribution in [-0.2, 0) is 11.3 Å². The van der Waals surface area contributed by atoms with Crippen LogP contribution in [-0.4, -0.2) is 45.7 Å². The summed E-state index contributed by atoms with van der Waals surface area (Å²) in [6.07, 6.45) is 1.08. The Morgan fingerprint density at radius 3 is 2.68 bits per heavy atom. The molecule has 7 heteroatoms. The Kier molecular flexibility index (Phi) is 6.02. The van der Waals surface area contributed by atoms with Gasteiger partial charge in [-0.3, -0.25) is 4.79 Å². The highest BCUT2D eigenvalue weighted by Crippen LogP contribution is 2.13. The zero-order valence-electron chi connectivity index (χ0n) is 13.0. The standard InChI is InChI=1S/C15H22N6O/c1-3-8-16-9-10-17-14(22)11-21-19-15(18-20-21)13-6-4-12(2)5-7-13/h4-7,16H,3,8-11H2,1-2H3,(H,17,22). The first-order valence-corrected chi connectivity index (χ1v) is 7.51. The first-order valence-electron chi connectivity index (χ1n) is 7.51. The normalized spacial score (nSPS) is 10.6. The van der Waals surface area contributed by atoms with Gasteiger partial charge in [0, 0.05) is 18.7 Å². The van der Waals surface area contributed by atoms with Gasteiger partial charge in [0.25, 0.3) is 0 Å². The Morgan fingerprint density at radius 2 is 1.95 bits per heavy atom. The largest absolute Gasteiger partial charge is 0.353 e. The molecule has 2 rings (SSSR count). The Balaban J connectivity index is 1.81. The van der Waals surface area contributed by atoms with Crippen LogP contribution in [0.1, 0.15) is 18.9 Å². The number of aryl methyl sites for hydroxylation is 1. The lowest BCUT2D eigenvalue weighted by Crippen LogP contribution is -2.34. The van der Waals surface area contributed by atoms with E-state index in [1.165, 1.54) is 10.4 Å². The number of nitrogens with zero attached hydrogens (tertiary/aromatic N) is 4. The number of aromatic nitrogens is 4. The number of carbonyl (C=O) groups is 1.